The van der Waals surface area contributed by atoms with Gasteiger partial charge in [-0.1, -0.05) is 35.9 Å². The van der Waals surface area contributed by atoms with Crippen molar-refractivity contribution in [1.82, 2.24) is 10.3 Å². The van der Waals surface area contributed by atoms with Crippen LogP contribution in [0, 0.1) is 6.92 Å². The predicted octanol–water partition coefficient (Wildman–Crippen LogP) is 6.23. The average Bonchev–Trinajstić information content (AvgIpc) is 3.36. The van der Waals surface area contributed by atoms with Crippen LogP contribution in [0.15, 0.2) is 70.5 Å². The molecule has 29 heavy (non-hydrogen) atoms. The zero-order valence-corrected chi connectivity index (χ0v) is 17.6. The number of aryl methyl sites for hydroxylation is 1. The molecule has 0 unspecified atom stereocenters. The number of hydrogen-bond acceptors (Lipinski definition) is 5. The third-order valence-electron chi connectivity index (χ3n) is 4.38. The molecule has 0 spiro atoms. The molecule has 6 heteroatoms. The molecule has 148 valence electrons. The number of nitrogens with zero attached hydrogens (tertiary/aromatic N) is 1. The monoisotopic (exact) mass is 424 g/mol. The molecule has 0 saturated carbocycles. The van der Waals surface area contributed by atoms with E-state index in [1.807, 2.05) is 66.9 Å². The molecule has 4 aromatic rings. The number of aromatic nitrogens is 1. The zero-order chi connectivity index (χ0) is 20.1. The molecule has 2 aromatic heterocycles. The minimum absolute atomic E-state index is 0.445. The summed E-state index contributed by atoms with van der Waals surface area (Å²) in [6, 6.07) is 19.8. The van der Waals surface area contributed by atoms with Crippen LogP contribution in [0.5, 0.6) is 5.75 Å². The van der Waals surface area contributed by atoms with Crippen molar-refractivity contribution in [2.24, 2.45) is 0 Å². The normalized spacial score (nSPS) is 11.0. The van der Waals surface area contributed by atoms with E-state index in [0.717, 1.165) is 50.7 Å². The molecule has 0 aliphatic carbocycles. The van der Waals surface area contributed by atoms with Crippen molar-refractivity contribution in [2.75, 3.05) is 0 Å². The van der Waals surface area contributed by atoms with E-state index in [2.05, 4.69) is 16.4 Å². The molecule has 0 aliphatic heterocycles. The van der Waals surface area contributed by atoms with Crippen LogP contribution in [0.3, 0.4) is 0 Å². The van der Waals surface area contributed by atoms with E-state index in [1.165, 1.54) is 0 Å². The van der Waals surface area contributed by atoms with Crippen molar-refractivity contribution < 1.29 is 9.15 Å². The summed E-state index contributed by atoms with van der Waals surface area (Å²) in [5, 5.41) is 7.09. The second-order valence-electron chi connectivity index (χ2n) is 6.69. The van der Waals surface area contributed by atoms with Gasteiger partial charge in [0.15, 0.2) is 0 Å². The third kappa shape index (κ3) is 5.48. The number of hydrogen-bond donors (Lipinski definition) is 1. The molecular formula is C23H21ClN2O2S. The second kappa shape index (κ2) is 9.27. The van der Waals surface area contributed by atoms with Gasteiger partial charge in [0, 0.05) is 22.5 Å². The lowest BCUT2D eigenvalue weighted by molar-refractivity contribution is 0.305. The van der Waals surface area contributed by atoms with Crippen molar-refractivity contribution in [2.45, 2.75) is 26.6 Å². The smallest absolute Gasteiger partial charge is 0.140 e. The summed E-state index contributed by atoms with van der Waals surface area (Å²) in [7, 11) is 0. The van der Waals surface area contributed by atoms with Gasteiger partial charge in [-0.25, -0.2) is 4.98 Å². The van der Waals surface area contributed by atoms with Crippen LogP contribution >= 0.6 is 22.9 Å². The molecule has 2 heterocycles. The van der Waals surface area contributed by atoms with Gasteiger partial charge in [0.05, 0.1) is 12.2 Å². The summed E-state index contributed by atoms with van der Waals surface area (Å²) in [6.45, 7) is 3.84. The van der Waals surface area contributed by atoms with Crippen molar-refractivity contribution in [3.05, 3.63) is 93.2 Å². The van der Waals surface area contributed by atoms with Gasteiger partial charge in [-0.3, -0.25) is 0 Å². The van der Waals surface area contributed by atoms with Gasteiger partial charge in [-0.15, -0.1) is 11.3 Å². The average molecular weight is 425 g/mol. The van der Waals surface area contributed by atoms with E-state index in [4.69, 9.17) is 20.8 Å². The predicted molar refractivity (Wildman–Crippen MR) is 117 cm³/mol. The molecule has 0 aliphatic rings. The molecule has 0 radical (unpaired) electrons. The molecule has 4 nitrogen and oxygen atoms in total. The lowest BCUT2D eigenvalue weighted by atomic mass is 10.2. The maximum atomic E-state index is 5.95. The molecule has 0 fully saturated rings. The number of thiazole rings is 1. The highest BCUT2D eigenvalue weighted by Gasteiger charge is 2.06. The van der Waals surface area contributed by atoms with Gasteiger partial charge < -0.3 is 14.5 Å². The zero-order valence-electron chi connectivity index (χ0n) is 16.0. The van der Waals surface area contributed by atoms with Gasteiger partial charge >= 0.3 is 0 Å². The Morgan fingerprint density at radius 1 is 1.07 bits per heavy atom. The number of nitrogens with one attached hydrogen (secondary N) is 1. The molecule has 0 saturated heterocycles. The SMILES string of the molecule is Cc1ccc(CNCc2cccc(OCc3nc(-c4ccc(Cl)cc4)cs3)c2)o1. The molecule has 0 bridgehead atoms. The Hall–Kier alpha value is -2.60. The number of halogens is 1. The minimum Gasteiger partial charge on any atom is -0.486 e. The summed E-state index contributed by atoms with van der Waals surface area (Å²) in [5.41, 5.74) is 3.15. The van der Waals surface area contributed by atoms with E-state index < -0.39 is 0 Å². The Morgan fingerprint density at radius 2 is 1.93 bits per heavy atom. The van der Waals surface area contributed by atoms with E-state index in [9.17, 15) is 0 Å². The third-order valence-corrected chi connectivity index (χ3v) is 5.45. The fourth-order valence-electron chi connectivity index (χ4n) is 2.93. The second-order valence-corrected chi connectivity index (χ2v) is 8.06. The first-order chi connectivity index (χ1) is 14.2. The van der Waals surface area contributed by atoms with E-state index >= 15 is 0 Å². The first-order valence-electron chi connectivity index (χ1n) is 9.34. The van der Waals surface area contributed by atoms with Crippen molar-refractivity contribution in [3.8, 4) is 17.0 Å². The van der Waals surface area contributed by atoms with Crippen LogP contribution in [-0.4, -0.2) is 4.98 Å². The van der Waals surface area contributed by atoms with Gasteiger partial charge in [-0.2, -0.15) is 0 Å². The maximum absolute atomic E-state index is 5.95. The molecule has 0 amide bonds. The van der Waals surface area contributed by atoms with E-state index in [0.29, 0.717) is 13.2 Å². The van der Waals surface area contributed by atoms with Crippen LogP contribution in [0.2, 0.25) is 5.02 Å². The summed E-state index contributed by atoms with van der Waals surface area (Å²) in [5.74, 6) is 2.70. The number of ether oxygens (including phenoxy) is 1. The first kappa shape index (κ1) is 19.7. The fraction of sp³-hybridized carbons (Fsp3) is 0.174. The van der Waals surface area contributed by atoms with Gasteiger partial charge in [-0.05, 0) is 48.9 Å². The highest BCUT2D eigenvalue weighted by atomic mass is 35.5. The van der Waals surface area contributed by atoms with E-state index in [1.54, 1.807) is 11.3 Å². The van der Waals surface area contributed by atoms with Crippen LogP contribution in [-0.2, 0) is 19.7 Å². The maximum Gasteiger partial charge on any atom is 0.140 e. The molecule has 1 N–H and O–H groups in total. The largest absolute Gasteiger partial charge is 0.486 e. The molecule has 4 rings (SSSR count). The highest BCUT2D eigenvalue weighted by molar-refractivity contribution is 7.09. The van der Waals surface area contributed by atoms with Crippen molar-refractivity contribution in [3.63, 3.8) is 0 Å². The van der Waals surface area contributed by atoms with Crippen molar-refractivity contribution in [1.29, 1.82) is 0 Å². The van der Waals surface area contributed by atoms with Gasteiger partial charge in [0.25, 0.3) is 0 Å². The lowest BCUT2D eigenvalue weighted by Gasteiger charge is -2.07. The fourth-order valence-corrected chi connectivity index (χ4v) is 3.77. The Bertz CT molecular complexity index is 1070. The summed E-state index contributed by atoms with van der Waals surface area (Å²) >= 11 is 7.55. The Labute approximate surface area is 179 Å². The van der Waals surface area contributed by atoms with Crippen molar-refractivity contribution >= 4 is 22.9 Å². The van der Waals surface area contributed by atoms with E-state index in [-0.39, 0.29) is 0 Å². The number of rotatable bonds is 8. The van der Waals surface area contributed by atoms with Crippen LogP contribution in [0.4, 0.5) is 0 Å². The standard InChI is InChI=1S/C23H21ClN2O2S/c1-16-5-10-21(28-16)13-25-12-17-3-2-4-20(11-17)27-14-23-26-22(15-29-23)18-6-8-19(24)9-7-18/h2-11,15,25H,12-14H2,1H3. The summed E-state index contributed by atoms with van der Waals surface area (Å²) < 4.78 is 11.5. The van der Waals surface area contributed by atoms with Crippen LogP contribution in [0.1, 0.15) is 22.1 Å². The van der Waals surface area contributed by atoms with Gasteiger partial charge in [0.2, 0.25) is 0 Å². The molecule has 2 aromatic carbocycles. The molecule has 0 atom stereocenters. The Kier molecular flexibility index (Phi) is 6.30. The Balaban J connectivity index is 1.31. The minimum atomic E-state index is 0.445. The quantitative estimate of drug-likeness (QED) is 0.364. The number of benzene rings is 2. The Morgan fingerprint density at radius 3 is 2.72 bits per heavy atom. The highest BCUT2D eigenvalue weighted by Crippen LogP contribution is 2.24. The summed E-state index contributed by atoms with van der Waals surface area (Å²) in [6.07, 6.45) is 0. The van der Waals surface area contributed by atoms with Crippen LogP contribution in [0.25, 0.3) is 11.3 Å². The lowest BCUT2D eigenvalue weighted by Crippen LogP contribution is -2.12. The molecular weight excluding hydrogens is 404 g/mol. The first-order valence-corrected chi connectivity index (χ1v) is 10.6. The number of furan rings is 1. The van der Waals surface area contributed by atoms with Gasteiger partial charge in [0.1, 0.15) is 28.9 Å². The topological polar surface area (TPSA) is 47.3 Å². The summed E-state index contributed by atoms with van der Waals surface area (Å²) in [4.78, 5) is 4.66. The van der Waals surface area contributed by atoms with Crippen LogP contribution < -0.4 is 10.1 Å².